The van der Waals surface area contributed by atoms with Gasteiger partial charge in [-0.3, -0.25) is 19.7 Å². The minimum absolute atomic E-state index is 0. The molecule has 5 nitrogen and oxygen atoms in total. The molecular formula is C22H26N4O. The first-order chi connectivity index (χ1) is 13.3. The first kappa shape index (κ1) is 18.7. The molecule has 0 saturated carbocycles. The van der Waals surface area contributed by atoms with Gasteiger partial charge in [0.2, 0.25) is 5.91 Å². The summed E-state index contributed by atoms with van der Waals surface area (Å²) in [7, 11) is 0. The number of hydrogen-bond donors (Lipinski definition) is 1. The monoisotopic (exact) mass is 362 g/mol. The summed E-state index contributed by atoms with van der Waals surface area (Å²) < 4.78 is 0. The number of carbonyl (C=O) groups is 1. The molecule has 0 saturated heterocycles. The highest BCUT2D eigenvalue weighted by Crippen LogP contribution is 2.08. The first-order valence-corrected chi connectivity index (χ1v) is 9.15. The molecule has 0 atom stereocenters. The van der Waals surface area contributed by atoms with Crippen LogP contribution in [0.3, 0.4) is 0 Å². The van der Waals surface area contributed by atoms with Gasteiger partial charge in [0, 0.05) is 45.6 Å². The average molecular weight is 362 g/mol. The Morgan fingerprint density at radius 1 is 1.07 bits per heavy atom. The third-order valence-corrected chi connectivity index (χ3v) is 4.14. The van der Waals surface area contributed by atoms with Crippen molar-refractivity contribution < 1.29 is 6.22 Å². The Bertz CT molecular complexity index is 819. The Morgan fingerprint density at radius 2 is 1.93 bits per heavy atom. The molecule has 2 aromatic rings. The number of hydrogen-bond acceptors (Lipinski definition) is 4. The SMILES string of the molecule is O=C(CCN(CC1=NC=CCC=C1)Cc1ccccn1)Nc1ccccc1.[HH]. The second-order valence-corrected chi connectivity index (χ2v) is 6.34. The third kappa shape index (κ3) is 6.64. The highest BCUT2D eigenvalue weighted by molar-refractivity contribution is 5.97. The predicted molar refractivity (Wildman–Crippen MR) is 112 cm³/mol. The van der Waals surface area contributed by atoms with Crippen LogP contribution in [0.4, 0.5) is 5.69 Å². The van der Waals surface area contributed by atoms with E-state index in [4.69, 9.17) is 0 Å². The number of aromatic nitrogens is 1. The van der Waals surface area contributed by atoms with E-state index >= 15 is 0 Å². The topological polar surface area (TPSA) is 57.6 Å². The number of aliphatic imine (C=N–C) groups is 1. The number of carbonyl (C=O) groups excluding carboxylic acids is 1. The van der Waals surface area contributed by atoms with Gasteiger partial charge in [0.1, 0.15) is 0 Å². The lowest BCUT2D eigenvalue weighted by Crippen LogP contribution is -2.32. The molecule has 0 aliphatic carbocycles. The van der Waals surface area contributed by atoms with Gasteiger partial charge in [0.25, 0.3) is 0 Å². The van der Waals surface area contributed by atoms with Gasteiger partial charge < -0.3 is 5.32 Å². The lowest BCUT2D eigenvalue weighted by molar-refractivity contribution is -0.116. The van der Waals surface area contributed by atoms with Gasteiger partial charge in [-0.15, -0.1) is 0 Å². The fraction of sp³-hybridized carbons (Fsp3) is 0.227. The van der Waals surface area contributed by atoms with Crippen LogP contribution in [0, 0.1) is 0 Å². The van der Waals surface area contributed by atoms with Gasteiger partial charge in [0.05, 0.1) is 11.4 Å². The van der Waals surface area contributed by atoms with Gasteiger partial charge in [-0.05, 0) is 36.8 Å². The number of benzene rings is 1. The lowest BCUT2D eigenvalue weighted by Gasteiger charge is -2.21. The summed E-state index contributed by atoms with van der Waals surface area (Å²) in [6.07, 6.45) is 11.1. The molecule has 1 aromatic heterocycles. The van der Waals surface area contributed by atoms with Crippen molar-refractivity contribution in [2.45, 2.75) is 19.4 Å². The van der Waals surface area contributed by atoms with Crippen molar-refractivity contribution in [1.82, 2.24) is 9.88 Å². The van der Waals surface area contributed by atoms with Crippen LogP contribution in [0.15, 0.2) is 84.1 Å². The molecule has 0 bridgehead atoms. The van der Waals surface area contributed by atoms with Crippen LogP contribution in [-0.2, 0) is 11.3 Å². The predicted octanol–water partition coefficient (Wildman–Crippen LogP) is 4.07. The van der Waals surface area contributed by atoms with Crippen LogP contribution in [0.1, 0.15) is 20.0 Å². The summed E-state index contributed by atoms with van der Waals surface area (Å²) in [5.74, 6) is 0.00506. The number of amides is 1. The Balaban J connectivity index is 0.00000280. The highest BCUT2D eigenvalue weighted by Gasteiger charge is 2.12. The molecule has 1 aliphatic heterocycles. The van der Waals surface area contributed by atoms with Gasteiger partial charge in [-0.25, -0.2) is 0 Å². The van der Waals surface area contributed by atoms with E-state index in [9.17, 15) is 4.79 Å². The molecule has 1 N–H and O–H groups in total. The largest absolute Gasteiger partial charge is 0.326 e. The summed E-state index contributed by atoms with van der Waals surface area (Å²) in [6.45, 7) is 1.98. The highest BCUT2D eigenvalue weighted by atomic mass is 16.1. The van der Waals surface area contributed by atoms with Crippen LogP contribution in [-0.4, -0.2) is 34.6 Å². The van der Waals surface area contributed by atoms with Crippen molar-refractivity contribution in [1.29, 1.82) is 0 Å². The normalized spacial score (nSPS) is 13.3. The number of pyridine rings is 1. The molecule has 2 heterocycles. The maximum Gasteiger partial charge on any atom is 0.225 e. The Morgan fingerprint density at radius 3 is 2.74 bits per heavy atom. The van der Waals surface area contributed by atoms with Crippen molar-refractivity contribution in [2.75, 3.05) is 18.4 Å². The Kier molecular flexibility index (Phi) is 7.07. The number of para-hydroxylation sites is 1. The van der Waals surface area contributed by atoms with Crippen LogP contribution in [0.5, 0.6) is 0 Å². The van der Waals surface area contributed by atoms with Crippen molar-refractivity contribution in [3.63, 3.8) is 0 Å². The molecule has 1 aliphatic rings. The minimum atomic E-state index is 0. The van der Waals surface area contributed by atoms with Crippen molar-refractivity contribution in [3.8, 4) is 0 Å². The van der Waals surface area contributed by atoms with E-state index in [1.807, 2.05) is 60.8 Å². The maximum atomic E-state index is 12.3. The molecule has 0 fully saturated rings. The standard InChI is InChI=1S/C22H24N4O.H2/c27-22(25-19-9-3-1-4-10-19)13-16-26(18-21-12-6-8-15-24-21)17-20-11-5-2-7-14-23-20;/h1,3-12,14-15H,2,13,16-18H2,(H,25,27);1H. The Labute approximate surface area is 161 Å². The molecular weight excluding hydrogens is 336 g/mol. The lowest BCUT2D eigenvalue weighted by atomic mass is 10.2. The van der Waals surface area contributed by atoms with Crippen LogP contribution in [0.2, 0.25) is 0 Å². The molecule has 5 heteroatoms. The zero-order valence-corrected chi connectivity index (χ0v) is 15.3. The van der Waals surface area contributed by atoms with E-state index in [-0.39, 0.29) is 7.33 Å². The fourth-order valence-corrected chi connectivity index (χ4v) is 2.80. The molecule has 1 amide bonds. The summed E-state index contributed by atoms with van der Waals surface area (Å²) in [5, 5.41) is 2.94. The smallest absolute Gasteiger partial charge is 0.225 e. The third-order valence-electron chi connectivity index (χ3n) is 4.14. The van der Waals surface area contributed by atoms with Crippen molar-refractivity contribution in [2.24, 2.45) is 4.99 Å². The van der Waals surface area contributed by atoms with Gasteiger partial charge in [-0.2, -0.15) is 0 Å². The molecule has 1 aromatic carbocycles. The number of nitrogens with zero attached hydrogens (tertiary/aromatic N) is 3. The summed E-state index contributed by atoms with van der Waals surface area (Å²) >= 11 is 0. The average Bonchev–Trinajstić information content (AvgIpc) is 2.96. The molecule has 0 unspecified atom stereocenters. The van der Waals surface area contributed by atoms with Crippen LogP contribution >= 0.6 is 0 Å². The van der Waals surface area contributed by atoms with Crippen molar-refractivity contribution >= 4 is 17.3 Å². The zero-order chi connectivity index (χ0) is 18.7. The second-order valence-electron chi connectivity index (χ2n) is 6.34. The summed E-state index contributed by atoms with van der Waals surface area (Å²) in [4.78, 5) is 23.4. The van der Waals surface area contributed by atoms with Crippen molar-refractivity contribution in [3.05, 3.63) is 84.8 Å². The summed E-state index contributed by atoms with van der Waals surface area (Å²) in [6, 6.07) is 15.4. The number of allylic oxidation sites excluding steroid dienone is 2. The number of rotatable bonds is 8. The second kappa shape index (κ2) is 10.2. The van der Waals surface area contributed by atoms with Gasteiger partial charge >= 0.3 is 0 Å². The van der Waals surface area contributed by atoms with E-state index in [0.29, 0.717) is 26.1 Å². The molecule has 0 spiro atoms. The first-order valence-electron chi connectivity index (χ1n) is 9.15. The quantitative estimate of drug-likeness (QED) is 0.770. The van der Waals surface area contributed by atoms with Gasteiger partial charge in [-0.1, -0.05) is 36.4 Å². The maximum absolute atomic E-state index is 12.3. The van der Waals surface area contributed by atoms with Gasteiger partial charge in [0.15, 0.2) is 0 Å². The molecule has 3 rings (SSSR count). The van der Waals surface area contributed by atoms with Crippen LogP contribution < -0.4 is 5.32 Å². The van der Waals surface area contributed by atoms with E-state index < -0.39 is 0 Å². The van der Waals surface area contributed by atoms with E-state index in [0.717, 1.165) is 23.5 Å². The number of nitrogens with one attached hydrogen (secondary N) is 1. The van der Waals surface area contributed by atoms with E-state index in [1.54, 1.807) is 6.20 Å². The number of anilines is 1. The summed E-state index contributed by atoms with van der Waals surface area (Å²) in [5.41, 5.74) is 2.79. The Hall–Kier alpha value is -3.05. The van der Waals surface area contributed by atoms with Crippen LogP contribution in [0.25, 0.3) is 0 Å². The minimum Gasteiger partial charge on any atom is -0.326 e. The zero-order valence-electron chi connectivity index (χ0n) is 15.3. The van der Waals surface area contributed by atoms with E-state index in [1.165, 1.54) is 0 Å². The van der Waals surface area contributed by atoms with E-state index in [2.05, 4.69) is 32.3 Å². The molecule has 27 heavy (non-hydrogen) atoms. The molecule has 140 valence electrons. The fourth-order valence-electron chi connectivity index (χ4n) is 2.80. The molecule has 0 radical (unpaired) electrons.